The molecular formula is C13H17BrMgO. The van der Waals surface area contributed by atoms with Gasteiger partial charge in [0.05, 0.1) is 6.10 Å². The van der Waals surface area contributed by atoms with Crippen molar-refractivity contribution in [1.29, 1.82) is 0 Å². The van der Waals surface area contributed by atoms with Crippen LogP contribution in [0, 0.1) is 6.07 Å². The van der Waals surface area contributed by atoms with Gasteiger partial charge in [-0.15, -0.1) is 12.1 Å². The Hall–Kier alpha value is 0.266. The molecule has 84 valence electrons. The number of para-hydroxylation sites is 1. The van der Waals surface area contributed by atoms with E-state index in [0.717, 1.165) is 5.75 Å². The van der Waals surface area contributed by atoms with E-state index in [1.165, 1.54) is 38.5 Å². The van der Waals surface area contributed by atoms with Crippen molar-refractivity contribution in [3.05, 3.63) is 30.3 Å². The molecule has 1 fully saturated rings. The van der Waals surface area contributed by atoms with Crippen LogP contribution >= 0.6 is 0 Å². The molecule has 0 N–H and O–H groups in total. The summed E-state index contributed by atoms with van der Waals surface area (Å²) in [7, 11) is 0. The maximum Gasteiger partial charge on any atom is 2.00 e. The summed E-state index contributed by atoms with van der Waals surface area (Å²) < 4.78 is 5.88. The van der Waals surface area contributed by atoms with Gasteiger partial charge in [0, 0.05) is 5.75 Å². The molecule has 1 aromatic rings. The fraction of sp³-hybridized carbons (Fsp3) is 0.538. The topological polar surface area (TPSA) is 9.23 Å². The average molecular weight is 293 g/mol. The van der Waals surface area contributed by atoms with Gasteiger partial charge in [0.25, 0.3) is 0 Å². The first-order chi connectivity index (χ1) is 6.95. The summed E-state index contributed by atoms with van der Waals surface area (Å²) in [5.74, 6) is 0.902. The first-order valence-corrected chi connectivity index (χ1v) is 5.58. The zero-order valence-electron chi connectivity index (χ0n) is 9.62. The molecular weight excluding hydrogens is 276 g/mol. The Labute approximate surface area is 125 Å². The molecule has 0 heterocycles. The number of ether oxygens (including phenoxy) is 1. The molecule has 0 aromatic heterocycles. The van der Waals surface area contributed by atoms with Crippen LogP contribution in [0.25, 0.3) is 0 Å². The van der Waals surface area contributed by atoms with Crippen molar-refractivity contribution in [3.63, 3.8) is 0 Å². The third-order valence-corrected chi connectivity index (χ3v) is 2.78. The largest absolute Gasteiger partial charge is 2.00 e. The van der Waals surface area contributed by atoms with Crippen LogP contribution in [0.15, 0.2) is 24.3 Å². The minimum absolute atomic E-state index is 0. The smallest absolute Gasteiger partial charge is 1.00 e. The molecule has 1 aliphatic rings. The van der Waals surface area contributed by atoms with Crippen molar-refractivity contribution in [2.24, 2.45) is 0 Å². The Morgan fingerprint density at radius 3 is 2.31 bits per heavy atom. The van der Waals surface area contributed by atoms with E-state index >= 15 is 0 Å². The first kappa shape index (κ1) is 16.3. The van der Waals surface area contributed by atoms with E-state index in [4.69, 9.17) is 4.74 Å². The number of hydrogen-bond donors (Lipinski definition) is 0. The molecule has 0 aliphatic heterocycles. The van der Waals surface area contributed by atoms with E-state index in [1.807, 2.05) is 24.3 Å². The van der Waals surface area contributed by atoms with Crippen molar-refractivity contribution in [2.45, 2.75) is 44.6 Å². The second-order valence-corrected chi connectivity index (χ2v) is 3.96. The first-order valence-electron chi connectivity index (χ1n) is 5.58. The van der Waals surface area contributed by atoms with Crippen molar-refractivity contribution >= 4 is 23.1 Å². The quantitative estimate of drug-likeness (QED) is 0.430. The SMILES string of the molecule is [Br-].[Mg+2].[c-]1ccccc1OC1CCCCCC1. The monoisotopic (exact) mass is 292 g/mol. The number of halogens is 1. The molecule has 0 spiro atoms. The van der Waals surface area contributed by atoms with Gasteiger partial charge in [-0.3, -0.25) is 0 Å². The standard InChI is InChI=1S/C13H17O.BrH.Mg/c1-2-5-9-12(8-4-1)14-13-10-6-3-7-11-13;;/h3,6-7,10,12H,1-2,4-5,8-9H2;1H;/q-1;;+2/p-1. The number of rotatable bonds is 2. The summed E-state index contributed by atoms with van der Waals surface area (Å²) >= 11 is 0. The molecule has 0 radical (unpaired) electrons. The summed E-state index contributed by atoms with van der Waals surface area (Å²) in [4.78, 5) is 0. The Balaban J connectivity index is 0.00000112. The summed E-state index contributed by atoms with van der Waals surface area (Å²) in [6, 6.07) is 11.0. The van der Waals surface area contributed by atoms with E-state index in [-0.39, 0.29) is 40.0 Å². The zero-order valence-corrected chi connectivity index (χ0v) is 12.6. The van der Waals surface area contributed by atoms with E-state index in [1.54, 1.807) is 0 Å². The van der Waals surface area contributed by atoms with Crippen molar-refractivity contribution in [1.82, 2.24) is 0 Å². The van der Waals surface area contributed by atoms with E-state index < -0.39 is 0 Å². The van der Waals surface area contributed by atoms with Gasteiger partial charge in [0.2, 0.25) is 0 Å². The molecule has 0 bridgehead atoms. The zero-order chi connectivity index (χ0) is 9.64. The van der Waals surface area contributed by atoms with Crippen LogP contribution < -0.4 is 21.7 Å². The van der Waals surface area contributed by atoms with Gasteiger partial charge >= 0.3 is 23.1 Å². The minimum atomic E-state index is 0. The van der Waals surface area contributed by atoms with Crippen molar-refractivity contribution in [3.8, 4) is 5.75 Å². The Morgan fingerprint density at radius 1 is 1.06 bits per heavy atom. The number of benzene rings is 1. The number of hydrogen-bond acceptors (Lipinski definition) is 1. The Morgan fingerprint density at radius 2 is 1.75 bits per heavy atom. The Bertz CT molecular complexity index is 258. The van der Waals surface area contributed by atoms with Crippen LogP contribution in [0.1, 0.15) is 38.5 Å². The molecule has 0 amide bonds. The summed E-state index contributed by atoms with van der Waals surface area (Å²) in [5, 5.41) is 0. The molecule has 1 nitrogen and oxygen atoms in total. The predicted octanol–water partition coefficient (Wildman–Crippen LogP) is 0.212. The van der Waals surface area contributed by atoms with Crippen molar-refractivity contribution in [2.75, 3.05) is 0 Å². The van der Waals surface area contributed by atoms with Crippen LogP contribution in [-0.4, -0.2) is 29.2 Å². The third-order valence-electron chi connectivity index (χ3n) is 2.78. The van der Waals surface area contributed by atoms with Crippen LogP contribution in [0.3, 0.4) is 0 Å². The molecule has 0 saturated heterocycles. The van der Waals surface area contributed by atoms with Gasteiger partial charge in [-0.1, -0.05) is 12.8 Å². The molecule has 1 saturated carbocycles. The minimum Gasteiger partial charge on any atom is -1.00 e. The van der Waals surface area contributed by atoms with Gasteiger partial charge in [-0.2, -0.15) is 18.2 Å². The summed E-state index contributed by atoms with van der Waals surface area (Å²) in [6.07, 6.45) is 8.23. The molecule has 16 heavy (non-hydrogen) atoms. The van der Waals surface area contributed by atoms with E-state index in [9.17, 15) is 0 Å². The molecule has 1 aromatic carbocycles. The molecule has 2 rings (SSSR count). The molecule has 1 aliphatic carbocycles. The van der Waals surface area contributed by atoms with Crippen LogP contribution in [-0.2, 0) is 0 Å². The Kier molecular flexibility index (Phi) is 9.47. The molecule has 0 unspecified atom stereocenters. The average Bonchev–Trinajstić information content (AvgIpc) is 2.48. The summed E-state index contributed by atoms with van der Waals surface area (Å²) in [5.41, 5.74) is 0. The van der Waals surface area contributed by atoms with Crippen LogP contribution in [0.4, 0.5) is 0 Å². The van der Waals surface area contributed by atoms with Gasteiger partial charge in [-0.05, 0) is 25.7 Å². The molecule has 0 atom stereocenters. The fourth-order valence-corrected chi connectivity index (χ4v) is 1.99. The molecule has 3 heteroatoms. The van der Waals surface area contributed by atoms with Crippen LogP contribution in [0.2, 0.25) is 0 Å². The van der Waals surface area contributed by atoms with E-state index in [0.29, 0.717) is 6.10 Å². The maximum atomic E-state index is 5.88. The second kappa shape index (κ2) is 9.31. The predicted molar refractivity (Wildman–Crippen MR) is 63.2 cm³/mol. The maximum absolute atomic E-state index is 5.88. The van der Waals surface area contributed by atoms with Gasteiger partial charge < -0.3 is 21.7 Å². The van der Waals surface area contributed by atoms with Gasteiger partial charge in [-0.25, -0.2) is 0 Å². The van der Waals surface area contributed by atoms with E-state index in [2.05, 4.69) is 6.07 Å². The normalized spacial score (nSPS) is 16.5. The van der Waals surface area contributed by atoms with Crippen LogP contribution in [0.5, 0.6) is 5.75 Å². The fourth-order valence-electron chi connectivity index (χ4n) is 1.99. The second-order valence-electron chi connectivity index (χ2n) is 3.96. The van der Waals surface area contributed by atoms with Gasteiger partial charge in [0.15, 0.2) is 0 Å². The van der Waals surface area contributed by atoms with Gasteiger partial charge in [0.1, 0.15) is 0 Å². The third kappa shape index (κ3) is 5.55. The summed E-state index contributed by atoms with van der Waals surface area (Å²) in [6.45, 7) is 0. The van der Waals surface area contributed by atoms with Crippen molar-refractivity contribution < 1.29 is 21.7 Å².